The second kappa shape index (κ2) is 6.68. The van der Waals surface area contributed by atoms with Gasteiger partial charge in [0.2, 0.25) is 0 Å². The van der Waals surface area contributed by atoms with Crippen LogP contribution < -0.4 is 0 Å². The third kappa shape index (κ3) is 3.55. The van der Waals surface area contributed by atoms with Gasteiger partial charge in [0.05, 0.1) is 6.61 Å². The van der Waals surface area contributed by atoms with Crippen LogP contribution in [0.15, 0.2) is 30.3 Å². The second-order valence-corrected chi connectivity index (χ2v) is 5.12. The zero-order chi connectivity index (χ0) is 13.7. The van der Waals surface area contributed by atoms with Gasteiger partial charge in [-0.1, -0.05) is 18.2 Å². The van der Waals surface area contributed by atoms with Gasteiger partial charge in [-0.15, -0.1) is 0 Å². The number of carbonyl (C=O) groups excluding carboxylic acids is 1. The molecule has 1 N–H and O–H groups in total. The Morgan fingerprint density at radius 3 is 2.53 bits per heavy atom. The molecule has 19 heavy (non-hydrogen) atoms. The van der Waals surface area contributed by atoms with E-state index in [9.17, 15) is 9.90 Å². The van der Waals surface area contributed by atoms with Crippen LogP contribution >= 0.6 is 0 Å². The van der Waals surface area contributed by atoms with Crippen LogP contribution in [0.3, 0.4) is 0 Å². The van der Waals surface area contributed by atoms with Crippen molar-refractivity contribution < 1.29 is 9.90 Å². The van der Waals surface area contributed by atoms with Gasteiger partial charge in [0.25, 0.3) is 5.91 Å². The minimum Gasteiger partial charge on any atom is -0.395 e. The molecule has 1 aliphatic rings. The molecule has 0 spiro atoms. The number of benzene rings is 1. The summed E-state index contributed by atoms with van der Waals surface area (Å²) in [7, 11) is 2.10. The summed E-state index contributed by atoms with van der Waals surface area (Å²) in [4.78, 5) is 16.6. The Balaban J connectivity index is 2.09. The summed E-state index contributed by atoms with van der Waals surface area (Å²) in [6.07, 6.45) is 1.96. The van der Waals surface area contributed by atoms with Crippen LogP contribution in [0.25, 0.3) is 0 Å². The number of rotatable bonds is 4. The van der Waals surface area contributed by atoms with Crippen LogP contribution in [0.1, 0.15) is 23.2 Å². The monoisotopic (exact) mass is 262 g/mol. The predicted molar refractivity (Wildman–Crippen MR) is 75.1 cm³/mol. The minimum atomic E-state index is 0.0188. The van der Waals surface area contributed by atoms with E-state index in [1.165, 1.54) is 0 Å². The maximum atomic E-state index is 12.5. The molecular weight excluding hydrogens is 240 g/mol. The molecule has 1 fully saturated rings. The number of amides is 1. The summed E-state index contributed by atoms with van der Waals surface area (Å²) in [5, 5.41) is 9.21. The van der Waals surface area contributed by atoms with Gasteiger partial charge in [0.15, 0.2) is 0 Å². The molecule has 1 saturated heterocycles. The lowest BCUT2D eigenvalue weighted by Crippen LogP contribution is -2.47. The van der Waals surface area contributed by atoms with Crippen molar-refractivity contribution in [2.24, 2.45) is 0 Å². The molecule has 0 aromatic heterocycles. The summed E-state index contributed by atoms with van der Waals surface area (Å²) >= 11 is 0. The normalized spacial score (nSPS) is 17.4. The highest BCUT2D eigenvalue weighted by molar-refractivity contribution is 5.94. The van der Waals surface area contributed by atoms with Crippen molar-refractivity contribution in [2.75, 3.05) is 33.3 Å². The van der Waals surface area contributed by atoms with E-state index in [2.05, 4.69) is 11.9 Å². The summed E-state index contributed by atoms with van der Waals surface area (Å²) in [6.45, 7) is 2.45. The molecule has 0 unspecified atom stereocenters. The number of nitrogens with zero attached hydrogens (tertiary/aromatic N) is 2. The van der Waals surface area contributed by atoms with E-state index >= 15 is 0 Å². The van der Waals surface area contributed by atoms with Crippen molar-refractivity contribution in [3.8, 4) is 0 Å². The van der Waals surface area contributed by atoms with E-state index < -0.39 is 0 Å². The molecule has 1 aromatic rings. The average Bonchev–Trinajstić information content (AvgIpc) is 2.46. The van der Waals surface area contributed by atoms with Gasteiger partial charge in [-0.05, 0) is 45.1 Å². The first kappa shape index (κ1) is 14.0. The summed E-state index contributed by atoms with van der Waals surface area (Å²) in [5.74, 6) is 0.0317. The molecule has 0 saturated carbocycles. The summed E-state index contributed by atoms with van der Waals surface area (Å²) in [5.41, 5.74) is 0.704. The van der Waals surface area contributed by atoms with Crippen LogP contribution in [-0.4, -0.2) is 60.1 Å². The number of aliphatic hydroxyl groups is 1. The van der Waals surface area contributed by atoms with Crippen molar-refractivity contribution >= 4 is 5.91 Å². The molecule has 0 radical (unpaired) electrons. The lowest BCUT2D eigenvalue weighted by molar-refractivity contribution is 0.0540. The average molecular weight is 262 g/mol. The van der Waals surface area contributed by atoms with Crippen LogP contribution in [-0.2, 0) is 0 Å². The van der Waals surface area contributed by atoms with E-state index in [-0.39, 0.29) is 18.6 Å². The third-order valence-corrected chi connectivity index (χ3v) is 3.75. The van der Waals surface area contributed by atoms with Crippen LogP contribution in [0.2, 0.25) is 0 Å². The highest BCUT2D eigenvalue weighted by atomic mass is 16.3. The molecule has 104 valence electrons. The molecule has 1 aliphatic heterocycles. The fraction of sp³-hybridized carbons (Fsp3) is 0.533. The van der Waals surface area contributed by atoms with Gasteiger partial charge in [-0.3, -0.25) is 4.79 Å². The Labute approximate surface area is 114 Å². The molecule has 0 bridgehead atoms. The predicted octanol–water partition coefficient (Wildman–Crippen LogP) is 1.22. The molecule has 2 rings (SSSR count). The topological polar surface area (TPSA) is 43.8 Å². The van der Waals surface area contributed by atoms with Crippen molar-refractivity contribution in [1.82, 2.24) is 9.80 Å². The molecule has 1 heterocycles. The lowest BCUT2D eigenvalue weighted by Gasteiger charge is -2.37. The van der Waals surface area contributed by atoms with Gasteiger partial charge in [-0.2, -0.15) is 0 Å². The Morgan fingerprint density at radius 2 is 1.95 bits per heavy atom. The summed E-state index contributed by atoms with van der Waals surface area (Å²) in [6, 6.07) is 9.57. The fourth-order valence-corrected chi connectivity index (χ4v) is 2.61. The number of aliphatic hydroxyl groups excluding tert-OH is 1. The van der Waals surface area contributed by atoms with E-state index in [1.54, 1.807) is 0 Å². The van der Waals surface area contributed by atoms with Crippen molar-refractivity contribution in [1.29, 1.82) is 0 Å². The zero-order valence-electron chi connectivity index (χ0n) is 11.5. The van der Waals surface area contributed by atoms with Gasteiger partial charge in [0.1, 0.15) is 0 Å². The van der Waals surface area contributed by atoms with Crippen LogP contribution in [0.5, 0.6) is 0 Å². The lowest BCUT2D eigenvalue weighted by atomic mass is 10.0. The molecule has 1 amide bonds. The Morgan fingerprint density at radius 1 is 1.32 bits per heavy atom. The van der Waals surface area contributed by atoms with Crippen molar-refractivity contribution in [2.45, 2.75) is 18.9 Å². The van der Waals surface area contributed by atoms with Gasteiger partial charge in [-0.25, -0.2) is 0 Å². The zero-order valence-corrected chi connectivity index (χ0v) is 11.5. The Hall–Kier alpha value is -1.39. The van der Waals surface area contributed by atoms with Crippen LogP contribution in [0, 0.1) is 0 Å². The van der Waals surface area contributed by atoms with E-state index in [0.717, 1.165) is 25.9 Å². The second-order valence-electron chi connectivity index (χ2n) is 5.12. The molecule has 0 aliphatic carbocycles. The van der Waals surface area contributed by atoms with Crippen LogP contribution in [0.4, 0.5) is 0 Å². The Kier molecular flexibility index (Phi) is 4.93. The number of hydrogen-bond donors (Lipinski definition) is 1. The number of hydrogen-bond acceptors (Lipinski definition) is 3. The van der Waals surface area contributed by atoms with E-state index in [1.807, 2.05) is 35.2 Å². The van der Waals surface area contributed by atoms with E-state index in [0.29, 0.717) is 12.1 Å². The number of piperidine rings is 1. The first-order valence-electron chi connectivity index (χ1n) is 6.88. The first-order chi connectivity index (χ1) is 9.22. The minimum absolute atomic E-state index is 0.0188. The fourth-order valence-electron chi connectivity index (χ4n) is 2.61. The smallest absolute Gasteiger partial charge is 0.254 e. The molecule has 1 aromatic carbocycles. The largest absolute Gasteiger partial charge is 0.395 e. The molecular formula is C15H22N2O2. The SMILES string of the molecule is CN1CCC(N(CCO)C(=O)c2ccccc2)CC1. The highest BCUT2D eigenvalue weighted by Crippen LogP contribution is 2.18. The van der Waals surface area contributed by atoms with Crippen molar-refractivity contribution in [3.63, 3.8) is 0 Å². The highest BCUT2D eigenvalue weighted by Gasteiger charge is 2.27. The quantitative estimate of drug-likeness (QED) is 0.887. The number of likely N-dealkylation sites (tertiary alicyclic amines) is 1. The van der Waals surface area contributed by atoms with Crippen molar-refractivity contribution in [3.05, 3.63) is 35.9 Å². The summed E-state index contributed by atoms with van der Waals surface area (Å²) < 4.78 is 0. The standard InChI is InChI=1S/C15H22N2O2/c1-16-9-7-14(8-10-16)17(11-12-18)15(19)13-5-3-2-4-6-13/h2-6,14,18H,7-12H2,1H3. The number of carbonyl (C=O) groups is 1. The van der Waals surface area contributed by atoms with Gasteiger partial charge >= 0.3 is 0 Å². The van der Waals surface area contributed by atoms with E-state index in [4.69, 9.17) is 0 Å². The maximum absolute atomic E-state index is 12.5. The Bertz CT molecular complexity index is 400. The maximum Gasteiger partial charge on any atom is 0.254 e. The molecule has 4 heteroatoms. The van der Waals surface area contributed by atoms with Gasteiger partial charge in [0, 0.05) is 18.2 Å². The third-order valence-electron chi connectivity index (χ3n) is 3.75. The molecule has 4 nitrogen and oxygen atoms in total. The molecule has 0 atom stereocenters. The first-order valence-corrected chi connectivity index (χ1v) is 6.88. The van der Waals surface area contributed by atoms with Gasteiger partial charge < -0.3 is 14.9 Å².